The van der Waals surface area contributed by atoms with Gasteiger partial charge in [-0.25, -0.2) is 4.63 Å². The normalized spacial score (nSPS) is 24.6. The second-order valence-electron chi connectivity index (χ2n) is 3.19. The van der Waals surface area contributed by atoms with Gasteiger partial charge in [0, 0.05) is 14.2 Å². The summed E-state index contributed by atoms with van der Waals surface area (Å²) >= 11 is 0. The number of nitrogens with zero attached hydrogens (tertiary/aromatic N) is 2. The highest BCUT2D eigenvalue weighted by molar-refractivity contribution is 5.20. The Morgan fingerprint density at radius 2 is 2.14 bits per heavy atom. The Kier molecular flexibility index (Phi) is 2.26. The van der Waals surface area contributed by atoms with Gasteiger partial charge in [0.15, 0.2) is 5.69 Å². The molecule has 6 nitrogen and oxygen atoms in total. The van der Waals surface area contributed by atoms with E-state index in [0.29, 0.717) is 24.2 Å². The van der Waals surface area contributed by atoms with E-state index in [2.05, 4.69) is 14.9 Å². The molecule has 14 heavy (non-hydrogen) atoms. The molecule has 2 rings (SSSR count). The van der Waals surface area contributed by atoms with Crippen LogP contribution in [0.4, 0.5) is 0 Å². The first kappa shape index (κ1) is 9.57. The fourth-order valence-corrected chi connectivity index (χ4v) is 1.81. The van der Waals surface area contributed by atoms with Crippen LogP contribution in [0.25, 0.3) is 0 Å². The summed E-state index contributed by atoms with van der Waals surface area (Å²) in [6, 6.07) is 0. The van der Waals surface area contributed by atoms with Crippen molar-refractivity contribution in [3.63, 3.8) is 0 Å². The zero-order valence-electron chi connectivity index (χ0n) is 8.06. The number of aryl methyl sites for hydroxylation is 1. The summed E-state index contributed by atoms with van der Waals surface area (Å²) in [5, 5.41) is 17.3. The Hall–Kier alpha value is -0.980. The average molecular weight is 200 g/mol. The summed E-state index contributed by atoms with van der Waals surface area (Å²) in [6.07, 6.45) is 0.383. The Labute approximate surface area is 80.8 Å². The minimum atomic E-state index is -1.23. The number of hydrogen-bond acceptors (Lipinski definition) is 6. The lowest BCUT2D eigenvalue weighted by Crippen LogP contribution is -2.47. The van der Waals surface area contributed by atoms with Crippen LogP contribution in [0.15, 0.2) is 4.63 Å². The van der Waals surface area contributed by atoms with Crippen molar-refractivity contribution in [1.29, 1.82) is 0 Å². The van der Waals surface area contributed by atoms with Crippen LogP contribution < -0.4 is 0 Å². The lowest BCUT2D eigenvalue weighted by atomic mass is 9.92. The molecule has 0 aromatic carbocycles. The van der Waals surface area contributed by atoms with Crippen molar-refractivity contribution in [3.05, 3.63) is 11.4 Å². The standard InChI is InChI=1S/C8H12N2O4/c1-12-8(13-2)6(11)4-3-5-7(8)10-14-9-5/h6,11H,3-4H2,1-2H3. The third-order valence-electron chi connectivity index (χ3n) is 2.59. The monoisotopic (exact) mass is 200 g/mol. The molecule has 0 saturated heterocycles. The molecule has 1 atom stereocenters. The van der Waals surface area contributed by atoms with Crippen molar-refractivity contribution in [2.45, 2.75) is 24.7 Å². The van der Waals surface area contributed by atoms with E-state index in [4.69, 9.17) is 9.47 Å². The van der Waals surface area contributed by atoms with Gasteiger partial charge in [0.25, 0.3) is 0 Å². The van der Waals surface area contributed by atoms with Gasteiger partial charge in [0.1, 0.15) is 11.8 Å². The van der Waals surface area contributed by atoms with Crippen molar-refractivity contribution >= 4 is 0 Å². The number of aromatic nitrogens is 2. The highest BCUT2D eigenvalue weighted by atomic mass is 16.7. The summed E-state index contributed by atoms with van der Waals surface area (Å²) < 4.78 is 15.0. The molecule has 6 heteroatoms. The van der Waals surface area contributed by atoms with Gasteiger partial charge in [-0.15, -0.1) is 0 Å². The van der Waals surface area contributed by atoms with E-state index in [1.165, 1.54) is 14.2 Å². The highest BCUT2D eigenvalue weighted by Gasteiger charge is 2.48. The van der Waals surface area contributed by atoms with Crippen LogP contribution >= 0.6 is 0 Å². The quantitative estimate of drug-likeness (QED) is 0.667. The van der Waals surface area contributed by atoms with Gasteiger partial charge in [0.05, 0.1) is 0 Å². The smallest absolute Gasteiger partial charge is 0.244 e. The van der Waals surface area contributed by atoms with Gasteiger partial charge in [-0.05, 0) is 18.0 Å². The summed E-state index contributed by atoms with van der Waals surface area (Å²) in [5.74, 6) is -1.23. The molecule has 1 aliphatic rings. The van der Waals surface area contributed by atoms with Crippen LogP contribution in [0, 0.1) is 0 Å². The van der Waals surface area contributed by atoms with Crippen LogP contribution in [0.5, 0.6) is 0 Å². The number of fused-ring (bicyclic) bond motifs is 1. The lowest BCUT2D eigenvalue weighted by Gasteiger charge is -2.36. The SMILES string of the molecule is COC1(OC)c2nonc2CCC1O. The van der Waals surface area contributed by atoms with E-state index >= 15 is 0 Å². The number of ether oxygens (including phenoxy) is 2. The summed E-state index contributed by atoms with van der Waals surface area (Å²) in [4.78, 5) is 0. The predicted molar refractivity (Wildman–Crippen MR) is 44.3 cm³/mol. The summed E-state index contributed by atoms with van der Waals surface area (Å²) in [6.45, 7) is 0. The third-order valence-corrected chi connectivity index (χ3v) is 2.59. The highest BCUT2D eigenvalue weighted by Crippen LogP contribution is 2.36. The van der Waals surface area contributed by atoms with E-state index in [0.717, 1.165) is 0 Å². The summed E-state index contributed by atoms with van der Waals surface area (Å²) in [5.41, 5.74) is 1.11. The van der Waals surface area contributed by atoms with Gasteiger partial charge >= 0.3 is 0 Å². The van der Waals surface area contributed by atoms with Crippen LogP contribution in [-0.4, -0.2) is 35.7 Å². The topological polar surface area (TPSA) is 77.6 Å². The van der Waals surface area contributed by atoms with Gasteiger partial charge in [-0.3, -0.25) is 0 Å². The van der Waals surface area contributed by atoms with Crippen molar-refractivity contribution < 1.29 is 19.2 Å². The maximum absolute atomic E-state index is 9.83. The van der Waals surface area contributed by atoms with Crippen molar-refractivity contribution in [2.75, 3.05) is 14.2 Å². The molecule has 0 radical (unpaired) electrons. The molecule has 0 fully saturated rings. The fraction of sp³-hybridized carbons (Fsp3) is 0.750. The number of methoxy groups -OCH3 is 2. The van der Waals surface area contributed by atoms with Crippen LogP contribution in [0.1, 0.15) is 17.8 Å². The van der Waals surface area contributed by atoms with E-state index in [-0.39, 0.29) is 0 Å². The average Bonchev–Trinajstić information content (AvgIpc) is 2.67. The van der Waals surface area contributed by atoms with Crippen LogP contribution in [-0.2, 0) is 21.7 Å². The van der Waals surface area contributed by atoms with Crippen LogP contribution in [0.3, 0.4) is 0 Å². The molecular weight excluding hydrogens is 188 g/mol. The van der Waals surface area contributed by atoms with E-state index in [9.17, 15) is 5.11 Å². The molecule has 1 aliphatic carbocycles. The molecular formula is C8H12N2O4. The molecule has 0 bridgehead atoms. The molecule has 1 aromatic heterocycles. The van der Waals surface area contributed by atoms with Crippen LogP contribution in [0.2, 0.25) is 0 Å². The number of aliphatic hydroxyl groups is 1. The van der Waals surface area contributed by atoms with E-state index in [1.807, 2.05) is 0 Å². The summed E-state index contributed by atoms with van der Waals surface area (Å²) in [7, 11) is 2.91. The third kappa shape index (κ3) is 1.08. The molecule has 1 aromatic rings. The fourth-order valence-electron chi connectivity index (χ4n) is 1.81. The zero-order valence-corrected chi connectivity index (χ0v) is 8.06. The second kappa shape index (κ2) is 3.30. The largest absolute Gasteiger partial charge is 0.387 e. The van der Waals surface area contributed by atoms with E-state index in [1.54, 1.807) is 0 Å². The molecule has 1 heterocycles. The van der Waals surface area contributed by atoms with Crippen molar-refractivity contribution in [1.82, 2.24) is 10.3 Å². The van der Waals surface area contributed by atoms with Crippen molar-refractivity contribution in [2.24, 2.45) is 0 Å². The Balaban J connectivity index is 2.49. The van der Waals surface area contributed by atoms with Gasteiger partial charge < -0.3 is 14.6 Å². The first-order chi connectivity index (χ1) is 6.74. The first-order valence-electron chi connectivity index (χ1n) is 4.35. The number of hydrogen-bond donors (Lipinski definition) is 1. The Bertz CT molecular complexity index is 321. The minimum absolute atomic E-state index is 0.432. The number of aliphatic hydroxyl groups excluding tert-OH is 1. The molecule has 78 valence electrons. The first-order valence-corrected chi connectivity index (χ1v) is 4.35. The second-order valence-corrected chi connectivity index (χ2v) is 3.19. The number of rotatable bonds is 2. The van der Waals surface area contributed by atoms with Crippen molar-refractivity contribution in [3.8, 4) is 0 Å². The Morgan fingerprint density at radius 3 is 2.79 bits per heavy atom. The van der Waals surface area contributed by atoms with E-state index < -0.39 is 11.9 Å². The zero-order chi connectivity index (χ0) is 10.2. The van der Waals surface area contributed by atoms with Gasteiger partial charge in [-0.2, -0.15) is 0 Å². The minimum Gasteiger partial charge on any atom is -0.387 e. The maximum atomic E-state index is 9.83. The lowest BCUT2D eigenvalue weighted by molar-refractivity contribution is -0.276. The molecule has 0 amide bonds. The Morgan fingerprint density at radius 1 is 1.43 bits per heavy atom. The molecule has 0 aliphatic heterocycles. The predicted octanol–water partition coefficient (Wildman–Crippen LogP) is -0.178. The van der Waals surface area contributed by atoms with Gasteiger partial charge in [-0.1, -0.05) is 5.16 Å². The molecule has 1 N–H and O–H groups in total. The molecule has 0 saturated carbocycles. The van der Waals surface area contributed by atoms with Gasteiger partial charge in [0.2, 0.25) is 5.79 Å². The molecule has 0 spiro atoms. The molecule has 1 unspecified atom stereocenters. The maximum Gasteiger partial charge on any atom is 0.244 e.